The van der Waals surface area contributed by atoms with Crippen molar-refractivity contribution in [2.75, 3.05) is 0 Å². The number of nitrogens with zero attached hydrogens (tertiary/aromatic N) is 1. The number of nitrogens with two attached hydrogens (primary N) is 1. The van der Waals surface area contributed by atoms with Crippen LogP contribution in [0.3, 0.4) is 0 Å². The number of carbonyl (C=O) groups is 2. The van der Waals surface area contributed by atoms with E-state index in [-0.39, 0.29) is 5.91 Å². The Balaban J connectivity index is 1.54. The number of primary amides is 1. The second-order valence-corrected chi connectivity index (χ2v) is 5.66. The molecule has 2 aromatic carbocycles. The van der Waals surface area contributed by atoms with Gasteiger partial charge in [-0.1, -0.05) is 30.3 Å². The maximum Gasteiger partial charge on any atom is 0.248 e. The normalized spacial score (nSPS) is 10.7. The highest BCUT2D eigenvalue weighted by molar-refractivity contribution is 5.92. The number of amides is 2. The topological polar surface area (TPSA) is 77.1 Å². The number of nitrogens with one attached hydrogen (secondary N) is 1. The minimum atomic E-state index is -0.470. The fraction of sp³-hybridized carbons (Fsp3) is 0.158. The van der Waals surface area contributed by atoms with Crippen molar-refractivity contribution in [3.05, 3.63) is 71.9 Å². The fourth-order valence-electron chi connectivity index (χ4n) is 2.68. The predicted molar refractivity (Wildman–Crippen MR) is 93.4 cm³/mol. The minimum Gasteiger partial charge on any atom is -0.366 e. The van der Waals surface area contributed by atoms with Crippen LogP contribution in [-0.2, 0) is 17.9 Å². The standard InChI is InChI=1S/C19H19N3O2/c20-19(24)16-6-3-4-14(12-16)13-21-18(23)9-11-22-10-8-15-5-1-2-7-17(15)22/h1-8,10,12H,9,11,13H2,(H2,20,24)(H,21,23). The van der Waals surface area contributed by atoms with E-state index in [0.717, 1.165) is 11.1 Å². The molecule has 5 nitrogen and oxygen atoms in total. The monoisotopic (exact) mass is 321 g/mol. The van der Waals surface area contributed by atoms with Gasteiger partial charge in [0.1, 0.15) is 0 Å². The van der Waals surface area contributed by atoms with E-state index in [4.69, 9.17) is 5.73 Å². The molecule has 24 heavy (non-hydrogen) atoms. The van der Waals surface area contributed by atoms with Crippen molar-refractivity contribution in [3.63, 3.8) is 0 Å². The summed E-state index contributed by atoms with van der Waals surface area (Å²) >= 11 is 0. The summed E-state index contributed by atoms with van der Waals surface area (Å²) in [6, 6.07) is 17.1. The zero-order chi connectivity index (χ0) is 16.9. The molecule has 3 aromatic rings. The van der Waals surface area contributed by atoms with Crippen LogP contribution < -0.4 is 11.1 Å². The Morgan fingerprint density at radius 3 is 2.71 bits per heavy atom. The second-order valence-electron chi connectivity index (χ2n) is 5.66. The van der Waals surface area contributed by atoms with Crippen molar-refractivity contribution in [2.24, 2.45) is 5.73 Å². The van der Waals surface area contributed by atoms with Crippen LogP contribution in [0.5, 0.6) is 0 Å². The van der Waals surface area contributed by atoms with E-state index in [9.17, 15) is 9.59 Å². The summed E-state index contributed by atoms with van der Waals surface area (Å²) in [5, 5.41) is 4.04. The maximum atomic E-state index is 12.1. The summed E-state index contributed by atoms with van der Waals surface area (Å²) in [5.74, 6) is -0.500. The Kier molecular flexibility index (Phi) is 4.61. The molecule has 0 spiro atoms. The van der Waals surface area contributed by atoms with Gasteiger partial charge < -0.3 is 15.6 Å². The number of hydrogen-bond donors (Lipinski definition) is 2. The van der Waals surface area contributed by atoms with Crippen LogP contribution in [0.1, 0.15) is 22.3 Å². The summed E-state index contributed by atoms with van der Waals surface area (Å²) in [5.41, 5.74) is 7.68. The van der Waals surface area contributed by atoms with E-state index >= 15 is 0 Å². The Hall–Kier alpha value is -3.08. The lowest BCUT2D eigenvalue weighted by Gasteiger charge is -2.08. The van der Waals surface area contributed by atoms with Gasteiger partial charge in [-0.2, -0.15) is 0 Å². The van der Waals surface area contributed by atoms with Crippen molar-refractivity contribution in [3.8, 4) is 0 Å². The average molecular weight is 321 g/mol. The maximum absolute atomic E-state index is 12.1. The van der Waals surface area contributed by atoms with Crippen molar-refractivity contribution >= 4 is 22.7 Å². The Labute approximate surface area is 140 Å². The van der Waals surface area contributed by atoms with E-state index in [2.05, 4.69) is 16.0 Å². The third kappa shape index (κ3) is 3.63. The van der Waals surface area contributed by atoms with Crippen molar-refractivity contribution in [1.82, 2.24) is 9.88 Å². The summed E-state index contributed by atoms with van der Waals surface area (Å²) in [6.07, 6.45) is 2.39. The first-order chi connectivity index (χ1) is 11.6. The Morgan fingerprint density at radius 1 is 1.04 bits per heavy atom. The molecule has 1 aromatic heterocycles. The smallest absolute Gasteiger partial charge is 0.248 e. The van der Waals surface area contributed by atoms with Crippen LogP contribution in [0.4, 0.5) is 0 Å². The number of rotatable bonds is 6. The SMILES string of the molecule is NC(=O)c1cccc(CNC(=O)CCn2ccc3ccccc32)c1. The fourth-order valence-corrected chi connectivity index (χ4v) is 2.68. The Bertz CT molecular complexity index is 883. The largest absolute Gasteiger partial charge is 0.366 e. The lowest BCUT2D eigenvalue weighted by molar-refractivity contribution is -0.121. The second kappa shape index (κ2) is 7.00. The molecule has 0 aliphatic heterocycles. The van der Waals surface area contributed by atoms with Gasteiger partial charge in [0.25, 0.3) is 0 Å². The molecule has 0 fully saturated rings. The van der Waals surface area contributed by atoms with Crippen molar-refractivity contribution in [1.29, 1.82) is 0 Å². The molecular weight excluding hydrogens is 302 g/mol. The lowest BCUT2D eigenvalue weighted by Crippen LogP contribution is -2.24. The minimum absolute atomic E-state index is 0.0303. The zero-order valence-electron chi connectivity index (χ0n) is 13.2. The average Bonchev–Trinajstić information content (AvgIpc) is 3.01. The van der Waals surface area contributed by atoms with Crippen LogP contribution in [0, 0.1) is 0 Å². The van der Waals surface area contributed by atoms with Gasteiger partial charge >= 0.3 is 0 Å². The highest BCUT2D eigenvalue weighted by atomic mass is 16.1. The first-order valence-corrected chi connectivity index (χ1v) is 7.83. The van der Waals surface area contributed by atoms with Crippen LogP contribution >= 0.6 is 0 Å². The van der Waals surface area contributed by atoms with E-state index < -0.39 is 5.91 Å². The zero-order valence-corrected chi connectivity index (χ0v) is 13.2. The van der Waals surface area contributed by atoms with Crippen LogP contribution in [-0.4, -0.2) is 16.4 Å². The van der Waals surface area contributed by atoms with E-state index in [0.29, 0.717) is 25.1 Å². The summed E-state index contributed by atoms with van der Waals surface area (Å²) in [6.45, 7) is 1.01. The predicted octanol–water partition coefficient (Wildman–Crippen LogP) is 2.45. The molecule has 0 atom stereocenters. The Morgan fingerprint density at radius 2 is 1.88 bits per heavy atom. The van der Waals surface area contributed by atoms with Gasteiger partial charge in [0.15, 0.2) is 0 Å². The number of aromatic nitrogens is 1. The molecule has 0 bridgehead atoms. The van der Waals surface area contributed by atoms with E-state index in [1.54, 1.807) is 18.2 Å². The number of hydrogen-bond acceptors (Lipinski definition) is 2. The molecule has 0 radical (unpaired) electrons. The van der Waals surface area contributed by atoms with Gasteiger partial charge in [-0.05, 0) is 35.2 Å². The van der Waals surface area contributed by atoms with Gasteiger partial charge in [0, 0.05) is 36.8 Å². The molecule has 0 saturated heterocycles. The molecule has 0 aliphatic rings. The molecule has 3 rings (SSSR count). The molecular formula is C19H19N3O2. The highest BCUT2D eigenvalue weighted by Crippen LogP contribution is 2.15. The van der Waals surface area contributed by atoms with Crippen LogP contribution in [0.15, 0.2) is 60.8 Å². The van der Waals surface area contributed by atoms with E-state index in [1.165, 1.54) is 5.39 Å². The third-order valence-corrected chi connectivity index (χ3v) is 3.96. The van der Waals surface area contributed by atoms with Crippen LogP contribution in [0.2, 0.25) is 0 Å². The van der Waals surface area contributed by atoms with Gasteiger partial charge in [0.05, 0.1) is 0 Å². The molecule has 1 heterocycles. The number of aryl methyl sites for hydroxylation is 1. The van der Waals surface area contributed by atoms with Crippen molar-refractivity contribution < 1.29 is 9.59 Å². The number of benzene rings is 2. The molecule has 5 heteroatoms. The first kappa shape index (κ1) is 15.8. The summed E-state index contributed by atoms with van der Waals surface area (Å²) < 4.78 is 2.07. The molecule has 3 N–H and O–H groups in total. The van der Waals surface area contributed by atoms with Gasteiger partial charge in [-0.15, -0.1) is 0 Å². The molecule has 0 aliphatic carbocycles. The molecule has 2 amide bonds. The van der Waals surface area contributed by atoms with Gasteiger partial charge in [-0.3, -0.25) is 9.59 Å². The lowest BCUT2D eigenvalue weighted by atomic mass is 10.1. The third-order valence-electron chi connectivity index (χ3n) is 3.96. The number of para-hydroxylation sites is 1. The van der Waals surface area contributed by atoms with E-state index in [1.807, 2.05) is 36.5 Å². The molecule has 122 valence electrons. The van der Waals surface area contributed by atoms with Crippen LogP contribution in [0.25, 0.3) is 10.9 Å². The number of fused-ring (bicyclic) bond motifs is 1. The first-order valence-electron chi connectivity index (χ1n) is 7.83. The molecule has 0 saturated carbocycles. The van der Waals surface area contributed by atoms with Gasteiger partial charge in [-0.25, -0.2) is 0 Å². The summed E-state index contributed by atoms with van der Waals surface area (Å²) in [7, 11) is 0. The highest BCUT2D eigenvalue weighted by Gasteiger charge is 2.06. The quantitative estimate of drug-likeness (QED) is 0.731. The summed E-state index contributed by atoms with van der Waals surface area (Å²) in [4.78, 5) is 23.2. The molecule has 0 unspecified atom stereocenters. The van der Waals surface area contributed by atoms with Gasteiger partial charge in [0.2, 0.25) is 11.8 Å². The van der Waals surface area contributed by atoms with Crippen molar-refractivity contribution in [2.45, 2.75) is 19.5 Å². The number of carbonyl (C=O) groups excluding carboxylic acids is 2.